The molecule has 0 spiro atoms. The van der Waals surface area contributed by atoms with Crippen LogP contribution in [0.5, 0.6) is 0 Å². The summed E-state index contributed by atoms with van der Waals surface area (Å²) in [7, 11) is 0. The lowest BCUT2D eigenvalue weighted by molar-refractivity contribution is -0.130. The van der Waals surface area contributed by atoms with Gasteiger partial charge >= 0.3 is 0 Å². The molecule has 5 nitrogen and oxygen atoms in total. The van der Waals surface area contributed by atoms with Gasteiger partial charge in [-0.1, -0.05) is 11.6 Å². The van der Waals surface area contributed by atoms with Crippen LogP contribution in [0.15, 0.2) is 18.2 Å². The first kappa shape index (κ1) is 14.4. The minimum atomic E-state index is -0.426. The third-order valence-corrected chi connectivity index (χ3v) is 4.23. The van der Waals surface area contributed by atoms with Crippen molar-refractivity contribution in [3.8, 4) is 0 Å². The summed E-state index contributed by atoms with van der Waals surface area (Å²) in [6.07, 6.45) is 2.60. The second-order valence-corrected chi connectivity index (χ2v) is 5.88. The number of nitrogens with zero attached hydrogens (tertiary/aromatic N) is 1. The highest BCUT2D eigenvalue weighted by Crippen LogP contribution is 2.32. The van der Waals surface area contributed by atoms with Gasteiger partial charge in [0.1, 0.15) is 6.04 Å². The lowest BCUT2D eigenvalue weighted by Crippen LogP contribution is -2.33. The summed E-state index contributed by atoms with van der Waals surface area (Å²) in [6, 6.07) is 4.91. The monoisotopic (exact) mass is 307 g/mol. The van der Waals surface area contributed by atoms with Gasteiger partial charge in [0.2, 0.25) is 11.8 Å². The zero-order valence-electron chi connectivity index (χ0n) is 11.7. The number of hydrogen-bond donors (Lipinski definition) is 2. The van der Waals surface area contributed by atoms with Gasteiger partial charge in [-0.25, -0.2) is 0 Å². The molecule has 112 valence electrons. The minimum Gasteiger partial charge on any atom is -0.343 e. The molecule has 3 rings (SSSR count). The summed E-state index contributed by atoms with van der Waals surface area (Å²) in [5.41, 5.74) is 1.63. The van der Waals surface area contributed by atoms with Crippen molar-refractivity contribution in [1.82, 2.24) is 10.2 Å². The zero-order valence-corrected chi connectivity index (χ0v) is 12.4. The van der Waals surface area contributed by atoms with E-state index in [1.54, 1.807) is 18.2 Å². The third-order valence-electron chi connectivity index (χ3n) is 3.99. The smallest absolute Gasteiger partial charge is 0.246 e. The summed E-state index contributed by atoms with van der Waals surface area (Å²) in [6.45, 7) is 2.21. The van der Waals surface area contributed by atoms with E-state index >= 15 is 0 Å². The Kier molecular flexibility index (Phi) is 4.12. The van der Waals surface area contributed by atoms with Crippen molar-refractivity contribution in [1.29, 1.82) is 0 Å². The maximum Gasteiger partial charge on any atom is 0.246 e. The summed E-state index contributed by atoms with van der Waals surface area (Å²) in [4.78, 5) is 25.8. The Morgan fingerprint density at radius 3 is 2.90 bits per heavy atom. The Hall–Kier alpha value is -1.59. The van der Waals surface area contributed by atoms with Gasteiger partial charge in [-0.2, -0.15) is 0 Å². The van der Waals surface area contributed by atoms with Crippen LogP contribution < -0.4 is 10.6 Å². The molecule has 1 saturated heterocycles. The van der Waals surface area contributed by atoms with E-state index in [0.717, 1.165) is 37.2 Å². The second kappa shape index (κ2) is 6.03. The molecule has 2 aliphatic heterocycles. The highest BCUT2D eigenvalue weighted by molar-refractivity contribution is 6.31. The average Bonchev–Trinajstić information content (AvgIpc) is 3.08. The summed E-state index contributed by atoms with van der Waals surface area (Å²) in [5.74, 6) is 0.0608. The van der Waals surface area contributed by atoms with Crippen LogP contribution in [0.1, 0.15) is 30.9 Å². The van der Waals surface area contributed by atoms with Gasteiger partial charge in [0.25, 0.3) is 0 Å². The first-order valence-electron chi connectivity index (χ1n) is 7.26. The summed E-state index contributed by atoms with van der Waals surface area (Å²) in [5, 5.41) is 6.57. The minimum absolute atomic E-state index is 0.0964. The number of fused-ring (bicyclic) bond motifs is 1. The fourth-order valence-corrected chi connectivity index (χ4v) is 3.06. The molecular formula is C15H18ClN3O2. The van der Waals surface area contributed by atoms with E-state index in [1.165, 1.54) is 0 Å². The van der Waals surface area contributed by atoms with Gasteiger partial charge in [-0.15, -0.1) is 0 Å². The fourth-order valence-electron chi connectivity index (χ4n) is 2.88. The Labute approximate surface area is 128 Å². The van der Waals surface area contributed by atoms with E-state index in [1.807, 2.05) is 4.90 Å². The molecule has 0 bridgehead atoms. The van der Waals surface area contributed by atoms with Crippen molar-refractivity contribution in [2.24, 2.45) is 0 Å². The molecular weight excluding hydrogens is 290 g/mol. The largest absolute Gasteiger partial charge is 0.343 e. The molecule has 1 unspecified atom stereocenters. The lowest BCUT2D eigenvalue weighted by atomic mass is 10.1. The molecule has 1 fully saturated rings. The summed E-state index contributed by atoms with van der Waals surface area (Å²) < 4.78 is 0. The van der Waals surface area contributed by atoms with E-state index in [0.29, 0.717) is 18.0 Å². The Morgan fingerprint density at radius 1 is 1.38 bits per heavy atom. The van der Waals surface area contributed by atoms with E-state index in [2.05, 4.69) is 10.6 Å². The highest BCUT2D eigenvalue weighted by Gasteiger charge is 2.30. The Balaban J connectivity index is 1.57. The van der Waals surface area contributed by atoms with Crippen molar-refractivity contribution in [2.75, 3.05) is 25.0 Å². The summed E-state index contributed by atoms with van der Waals surface area (Å²) >= 11 is 5.98. The van der Waals surface area contributed by atoms with Gasteiger partial charge in [-0.3, -0.25) is 9.59 Å². The number of carbonyl (C=O) groups is 2. The molecule has 0 radical (unpaired) electrons. The molecule has 1 atom stereocenters. The Bertz CT molecular complexity index is 570. The number of anilines is 1. The van der Waals surface area contributed by atoms with Crippen LogP contribution in [0.25, 0.3) is 0 Å². The van der Waals surface area contributed by atoms with E-state index in [9.17, 15) is 9.59 Å². The van der Waals surface area contributed by atoms with Crippen LogP contribution in [-0.4, -0.2) is 36.3 Å². The number of halogens is 1. The van der Waals surface area contributed by atoms with Crippen molar-refractivity contribution in [3.05, 3.63) is 28.8 Å². The van der Waals surface area contributed by atoms with Crippen molar-refractivity contribution >= 4 is 29.1 Å². The normalized spacial score (nSPS) is 20.5. The topological polar surface area (TPSA) is 61.4 Å². The zero-order chi connectivity index (χ0) is 14.8. The molecule has 21 heavy (non-hydrogen) atoms. The third kappa shape index (κ3) is 3.04. The SMILES string of the molecule is O=C1Nc2ccc(Cl)cc2C1NCCC(=O)N1CCCC1. The van der Waals surface area contributed by atoms with Gasteiger partial charge in [-0.05, 0) is 31.0 Å². The van der Waals surface area contributed by atoms with E-state index < -0.39 is 6.04 Å². The maximum absolute atomic E-state index is 12.0. The number of benzene rings is 1. The van der Waals surface area contributed by atoms with Gasteiger partial charge in [0.15, 0.2) is 0 Å². The number of rotatable bonds is 4. The van der Waals surface area contributed by atoms with Crippen LogP contribution in [0.4, 0.5) is 5.69 Å². The molecule has 0 saturated carbocycles. The van der Waals surface area contributed by atoms with Crippen LogP contribution in [0.2, 0.25) is 5.02 Å². The molecule has 2 aliphatic rings. The number of hydrogen-bond acceptors (Lipinski definition) is 3. The van der Waals surface area contributed by atoms with Gasteiger partial charge in [0.05, 0.1) is 0 Å². The first-order chi connectivity index (χ1) is 10.1. The molecule has 2 N–H and O–H groups in total. The van der Waals surface area contributed by atoms with Crippen LogP contribution in [-0.2, 0) is 9.59 Å². The van der Waals surface area contributed by atoms with Crippen LogP contribution in [0.3, 0.4) is 0 Å². The highest BCUT2D eigenvalue weighted by atomic mass is 35.5. The maximum atomic E-state index is 12.0. The number of carbonyl (C=O) groups excluding carboxylic acids is 2. The quantitative estimate of drug-likeness (QED) is 0.893. The molecule has 0 aromatic heterocycles. The average molecular weight is 308 g/mol. The van der Waals surface area contributed by atoms with Gasteiger partial charge < -0.3 is 15.5 Å². The van der Waals surface area contributed by atoms with Crippen molar-refractivity contribution in [2.45, 2.75) is 25.3 Å². The van der Waals surface area contributed by atoms with Crippen molar-refractivity contribution < 1.29 is 9.59 Å². The van der Waals surface area contributed by atoms with Crippen LogP contribution >= 0.6 is 11.6 Å². The van der Waals surface area contributed by atoms with Gasteiger partial charge in [0, 0.05) is 42.3 Å². The first-order valence-corrected chi connectivity index (χ1v) is 7.64. The molecule has 2 heterocycles. The fraction of sp³-hybridized carbons (Fsp3) is 0.467. The van der Waals surface area contributed by atoms with E-state index in [4.69, 9.17) is 11.6 Å². The molecule has 1 aromatic rings. The Morgan fingerprint density at radius 2 is 2.14 bits per heavy atom. The number of amides is 2. The predicted octanol–water partition coefficient (Wildman–Crippen LogP) is 1.94. The van der Waals surface area contributed by atoms with Crippen molar-refractivity contribution in [3.63, 3.8) is 0 Å². The molecule has 2 amide bonds. The molecule has 1 aromatic carbocycles. The molecule has 0 aliphatic carbocycles. The second-order valence-electron chi connectivity index (χ2n) is 5.45. The van der Waals surface area contributed by atoms with Crippen LogP contribution in [0, 0.1) is 0 Å². The number of nitrogens with one attached hydrogen (secondary N) is 2. The molecule has 6 heteroatoms. The predicted molar refractivity (Wildman–Crippen MR) is 81.3 cm³/mol. The lowest BCUT2D eigenvalue weighted by Gasteiger charge is -2.16. The standard InChI is InChI=1S/C15H18ClN3O2/c16-10-3-4-12-11(9-10)14(15(21)18-12)17-6-5-13(20)19-7-1-2-8-19/h3-4,9,14,17H,1-2,5-8H2,(H,18,21). The number of likely N-dealkylation sites (tertiary alicyclic amines) is 1. The van der Waals surface area contributed by atoms with E-state index in [-0.39, 0.29) is 11.8 Å².